The second-order valence-electron chi connectivity index (χ2n) is 13.1. The molecule has 0 saturated heterocycles. The maximum atomic E-state index is 14.0. The Morgan fingerprint density at radius 1 is 1.14 bits per heavy atom. The lowest BCUT2D eigenvalue weighted by Gasteiger charge is -2.46. The Morgan fingerprint density at radius 2 is 1.91 bits per heavy atom. The molecule has 0 heterocycles. The minimum absolute atomic E-state index is 0.0418. The first-order valence-electron chi connectivity index (χ1n) is 15.9. The highest BCUT2D eigenvalue weighted by molar-refractivity contribution is 6.10. The number of rotatable bonds is 11. The summed E-state index contributed by atoms with van der Waals surface area (Å²) in [5.41, 5.74) is 2.74. The van der Waals surface area contributed by atoms with E-state index < -0.39 is 23.2 Å². The van der Waals surface area contributed by atoms with Crippen LogP contribution in [0, 0.1) is 5.41 Å². The number of aliphatic hydroxyl groups excluding tert-OH is 3. The van der Waals surface area contributed by atoms with Gasteiger partial charge in [-0.1, -0.05) is 61.0 Å². The average molecular weight is 594 g/mol. The van der Waals surface area contributed by atoms with Crippen LogP contribution in [0.2, 0.25) is 0 Å². The molecule has 7 nitrogen and oxygen atoms in total. The number of carbonyl (C=O) groups excluding carboxylic acids is 1. The maximum absolute atomic E-state index is 14.0. The monoisotopic (exact) mass is 593 g/mol. The topological polar surface area (TPSA) is 110 Å². The Hall–Kier alpha value is -2.39. The van der Waals surface area contributed by atoms with Gasteiger partial charge in [-0.15, -0.1) is 0 Å². The van der Waals surface area contributed by atoms with Crippen LogP contribution in [0.15, 0.2) is 60.2 Å². The molecule has 3 aliphatic carbocycles. The number of benzene rings is 2. The Bertz CT molecular complexity index is 1230. The molecular weight excluding hydrogens is 542 g/mol. The van der Waals surface area contributed by atoms with E-state index in [-0.39, 0.29) is 24.9 Å². The first kappa shape index (κ1) is 33.5. The van der Waals surface area contributed by atoms with Crippen molar-refractivity contribution in [2.24, 2.45) is 5.41 Å². The number of carbonyl (C=O) groups is 1. The predicted molar refractivity (Wildman–Crippen MR) is 169 cm³/mol. The van der Waals surface area contributed by atoms with Gasteiger partial charge in [0, 0.05) is 49.9 Å². The van der Waals surface area contributed by atoms with E-state index in [4.69, 9.17) is 4.74 Å². The molecule has 0 amide bonds. The molecule has 3 aliphatic rings. The van der Waals surface area contributed by atoms with Crippen molar-refractivity contribution in [1.82, 2.24) is 4.90 Å². The van der Waals surface area contributed by atoms with Gasteiger partial charge in [-0.3, -0.25) is 9.69 Å². The van der Waals surface area contributed by atoms with Crippen LogP contribution in [-0.2, 0) is 11.2 Å². The highest BCUT2D eigenvalue weighted by Gasteiger charge is 2.57. The minimum atomic E-state index is -1.08. The summed E-state index contributed by atoms with van der Waals surface area (Å²) in [6, 6.07) is 15.4. The maximum Gasteiger partial charge on any atom is 0.193 e. The van der Waals surface area contributed by atoms with Crippen LogP contribution in [0.1, 0.15) is 91.8 Å². The van der Waals surface area contributed by atoms with Crippen LogP contribution >= 0.6 is 0 Å². The third-order valence-corrected chi connectivity index (χ3v) is 9.94. The number of hydrogen-bond acceptors (Lipinski definition) is 7. The largest absolute Gasteiger partial charge is 0.394 e. The number of fused-ring (bicyclic) bond motifs is 8. The summed E-state index contributed by atoms with van der Waals surface area (Å²) >= 11 is 0. The number of ether oxygens (including phenoxy) is 1. The molecular formula is C36H51NO6. The standard InChI is InChI=1S/C36H51NO6/c1-26-9-7-17-35(2)33(16-18-36(35,42)25-37(19-8-20-43-3)23-30(40)24-38)31-15-13-27(21-29(39)14-12-26)22-32(31)34(41)28-10-5-4-6-11-28/h4-6,9-11,13,15,22,29-30,33,38-40,42H,7-8,12,14,16-21,23-25H2,1-3H3/t29-,30-,33-,35-,36+/m0/s1. The summed E-state index contributed by atoms with van der Waals surface area (Å²) in [5, 5.41) is 43.4. The van der Waals surface area contributed by atoms with Gasteiger partial charge < -0.3 is 25.2 Å². The van der Waals surface area contributed by atoms with Gasteiger partial charge in [0.2, 0.25) is 0 Å². The summed E-state index contributed by atoms with van der Waals surface area (Å²) in [5.74, 6) is -0.112. The Morgan fingerprint density at radius 3 is 2.63 bits per heavy atom. The van der Waals surface area contributed by atoms with Crippen molar-refractivity contribution in [1.29, 1.82) is 0 Å². The van der Waals surface area contributed by atoms with Crippen LogP contribution < -0.4 is 0 Å². The SMILES string of the molecule is COCCCN(C[C@H](O)CO)C[C@]1(O)CC[C@H]2c3ccc(cc3C(=O)c3ccccc3)C[C@@H](O)CCC(C)=CCC[C@@]21C. The molecule has 0 aromatic heterocycles. The number of nitrogens with zero attached hydrogens (tertiary/aromatic N) is 1. The van der Waals surface area contributed by atoms with E-state index in [2.05, 4.69) is 30.9 Å². The second kappa shape index (κ2) is 15.1. The second-order valence-corrected chi connectivity index (χ2v) is 13.1. The van der Waals surface area contributed by atoms with Crippen molar-refractivity contribution in [3.63, 3.8) is 0 Å². The van der Waals surface area contributed by atoms with Crippen LogP contribution in [0.5, 0.6) is 0 Å². The molecule has 0 spiro atoms. The van der Waals surface area contributed by atoms with Crippen LogP contribution in [0.4, 0.5) is 0 Å². The molecule has 2 aromatic rings. The van der Waals surface area contributed by atoms with Crippen molar-refractivity contribution in [2.75, 3.05) is 40.0 Å². The van der Waals surface area contributed by atoms with Gasteiger partial charge in [-0.05, 0) is 81.4 Å². The lowest BCUT2D eigenvalue weighted by molar-refractivity contribution is -0.0898. The van der Waals surface area contributed by atoms with Crippen molar-refractivity contribution >= 4 is 5.78 Å². The molecule has 43 heavy (non-hydrogen) atoms. The van der Waals surface area contributed by atoms with Gasteiger partial charge in [0.05, 0.1) is 24.4 Å². The van der Waals surface area contributed by atoms with E-state index in [1.54, 1.807) is 7.11 Å². The van der Waals surface area contributed by atoms with Gasteiger partial charge in [-0.2, -0.15) is 0 Å². The molecule has 0 unspecified atom stereocenters. The number of ketones is 1. The normalized spacial score (nSPS) is 27.0. The number of hydrogen-bond donors (Lipinski definition) is 4. The molecule has 1 fully saturated rings. The molecule has 1 saturated carbocycles. The van der Waals surface area contributed by atoms with E-state index in [0.717, 1.165) is 43.2 Å². The van der Waals surface area contributed by atoms with E-state index in [0.29, 0.717) is 50.1 Å². The molecule has 236 valence electrons. The van der Waals surface area contributed by atoms with Crippen LogP contribution in [-0.4, -0.2) is 88.9 Å². The van der Waals surface area contributed by atoms with E-state index in [9.17, 15) is 25.2 Å². The fourth-order valence-electron chi connectivity index (χ4n) is 7.33. The average Bonchev–Trinajstić information content (AvgIpc) is 3.25. The number of allylic oxidation sites excluding steroid dienone is 2. The third-order valence-electron chi connectivity index (χ3n) is 9.94. The van der Waals surface area contributed by atoms with Crippen molar-refractivity contribution in [2.45, 2.75) is 88.9 Å². The highest BCUT2D eigenvalue weighted by Crippen LogP contribution is 2.58. The summed E-state index contributed by atoms with van der Waals surface area (Å²) in [6.07, 6.45) is 6.32. The first-order chi connectivity index (χ1) is 20.6. The van der Waals surface area contributed by atoms with E-state index in [1.807, 2.05) is 42.5 Å². The summed E-state index contributed by atoms with van der Waals surface area (Å²) in [4.78, 5) is 16.1. The summed E-state index contributed by atoms with van der Waals surface area (Å²) in [7, 11) is 1.66. The zero-order valence-corrected chi connectivity index (χ0v) is 26.2. The van der Waals surface area contributed by atoms with Crippen molar-refractivity contribution < 1.29 is 30.0 Å². The molecule has 5 atom stereocenters. The van der Waals surface area contributed by atoms with Gasteiger partial charge >= 0.3 is 0 Å². The molecule has 5 rings (SSSR count). The zero-order chi connectivity index (χ0) is 31.0. The van der Waals surface area contributed by atoms with Crippen molar-refractivity contribution in [3.8, 4) is 0 Å². The Kier molecular flexibility index (Phi) is 11.7. The highest BCUT2D eigenvalue weighted by atomic mass is 16.5. The van der Waals surface area contributed by atoms with Crippen LogP contribution in [0.25, 0.3) is 0 Å². The lowest BCUT2D eigenvalue weighted by atomic mass is 9.64. The molecule has 0 aliphatic heterocycles. The smallest absolute Gasteiger partial charge is 0.193 e. The lowest BCUT2D eigenvalue weighted by Crippen LogP contribution is -2.54. The van der Waals surface area contributed by atoms with Gasteiger partial charge in [0.15, 0.2) is 5.78 Å². The third kappa shape index (κ3) is 8.01. The number of methoxy groups -OCH3 is 1. The van der Waals surface area contributed by atoms with E-state index >= 15 is 0 Å². The number of aliphatic hydroxyl groups is 4. The molecule has 7 heteroatoms. The fourth-order valence-corrected chi connectivity index (χ4v) is 7.33. The van der Waals surface area contributed by atoms with Gasteiger partial charge in [0.25, 0.3) is 0 Å². The molecule has 2 bridgehead atoms. The van der Waals surface area contributed by atoms with Gasteiger partial charge in [0.1, 0.15) is 0 Å². The molecule has 2 aromatic carbocycles. The van der Waals surface area contributed by atoms with Crippen LogP contribution in [0.3, 0.4) is 0 Å². The first-order valence-corrected chi connectivity index (χ1v) is 15.9. The van der Waals surface area contributed by atoms with Crippen molar-refractivity contribution in [3.05, 3.63) is 82.4 Å². The quantitative estimate of drug-likeness (QED) is 0.171. The predicted octanol–water partition coefficient (Wildman–Crippen LogP) is 4.65. The minimum Gasteiger partial charge on any atom is -0.394 e. The fraction of sp³-hybridized carbons (Fsp3) is 0.583. The summed E-state index contributed by atoms with van der Waals surface area (Å²) in [6.45, 7) is 5.76. The Balaban J connectivity index is 1.78. The summed E-state index contributed by atoms with van der Waals surface area (Å²) < 4.78 is 5.27. The zero-order valence-electron chi connectivity index (χ0n) is 26.2. The molecule has 4 N–H and O–H groups in total. The molecule has 0 radical (unpaired) electrons. The Labute approximate surface area is 257 Å². The van der Waals surface area contributed by atoms with Gasteiger partial charge in [-0.25, -0.2) is 0 Å². The van der Waals surface area contributed by atoms with E-state index in [1.165, 1.54) is 5.57 Å².